The van der Waals surface area contributed by atoms with E-state index in [1.54, 1.807) is 0 Å². The minimum Gasteiger partial charge on any atom is -0.358 e. The molecule has 0 atom stereocenters. The molecule has 0 aliphatic rings. The summed E-state index contributed by atoms with van der Waals surface area (Å²) in [6.45, 7) is 7.67. The van der Waals surface area contributed by atoms with Gasteiger partial charge in [0.1, 0.15) is 0 Å². The molecule has 0 spiro atoms. The molecule has 92 valence electrons. The number of fused-ring (bicyclic) bond motifs is 1. The maximum atomic E-state index is 3.55. The molecule has 2 rings (SSSR count). The van der Waals surface area contributed by atoms with Crippen molar-refractivity contribution in [3.63, 3.8) is 0 Å². The van der Waals surface area contributed by atoms with Crippen LogP contribution in [0.3, 0.4) is 0 Å². The summed E-state index contributed by atoms with van der Waals surface area (Å²) in [5.41, 5.74) is 4.00. The van der Waals surface area contributed by atoms with E-state index >= 15 is 0 Å². The number of benzene rings is 1. The van der Waals surface area contributed by atoms with Crippen LogP contribution >= 0.6 is 15.9 Å². The number of halogens is 1. The summed E-state index contributed by atoms with van der Waals surface area (Å²) >= 11 is 3.55. The van der Waals surface area contributed by atoms with Crippen molar-refractivity contribution >= 4 is 26.8 Å². The van der Waals surface area contributed by atoms with Gasteiger partial charge in [-0.3, -0.25) is 0 Å². The molecule has 0 fully saturated rings. The molecular formula is C14H19BrN2. The predicted molar refractivity (Wildman–Crippen MR) is 77.7 cm³/mol. The Morgan fingerprint density at radius 3 is 2.71 bits per heavy atom. The number of rotatable bonds is 3. The molecule has 0 aliphatic heterocycles. The van der Waals surface area contributed by atoms with E-state index in [2.05, 4.69) is 65.2 Å². The fourth-order valence-corrected chi connectivity index (χ4v) is 3.06. The summed E-state index contributed by atoms with van der Waals surface area (Å²) in [5, 5.41) is 4.59. The van der Waals surface area contributed by atoms with E-state index < -0.39 is 0 Å². The van der Waals surface area contributed by atoms with Crippen LogP contribution in [0, 0.1) is 6.92 Å². The molecule has 2 aromatic rings. The number of H-pyrrole nitrogens is 1. The highest BCUT2D eigenvalue weighted by Gasteiger charge is 2.25. The van der Waals surface area contributed by atoms with Gasteiger partial charge in [-0.05, 0) is 37.7 Å². The lowest BCUT2D eigenvalue weighted by Crippen LogP contribution is -2.31. The third kappa shape index (κ3) is 2.26. The SMILES string of the molecule is CNCC(C)(C)c1c(C)[nH]c2ccc(Br)cc12. The zero-order chi connectivity index (χ0) is 12.6. The fourth-order valence-electron chi connectivity index (χ4n) is 2.70. The van der Waals surface area contributed by atoms with Gasteiger partial charge in [-0.15, -0.1) is 0 Å². The van der Waals surface area contributed by atoms with Crippen molar-refractivity contribution in [1.29, 1.82) is 0 Å². The summed E-state index contributed by atoms with van der Waals surface area (Å²) in [4.78, 5) is 3.47. The molecule has 0 amide bonds. The van der Waals surface area contributed by atoms with Crippen molar-refractivity contribution in [2.75, 3.05) is 13.6 Å². The first-order chi connectivity index (χ1) is 7.95. The Morgan fingerprint density at radius 2 is 2.06 bits per heavy atom. The van der Waals surface area contributed by atoms with E-state index in [-0.39, 0.29) is 5.41 Å². The third-order valence-corrected chi connectivity index (χ3v) is 3.74. The first-order valence-electron chi connectivity index (χ1n) is 5.88. The van der Waals surface area contributed by atoms with Crippen LogP contribution in [-0.4, -0.2) is 18.6 Å². The van der Waals surface area contributed by atoms with Crippen molar-refractivity contribution in [3.8, 4) is 0 Å². The van der Waals surface area contributed by atoms with Gasteiger partial charge in [0.05, 0.1) is 0 Å². The summed E-state index contributed by atoms with van der Waals surface area (Å²) < 4.78 is 1.13. The largest absolute Gasteiger partial charge is 0.358 e. The van der Waals surface area contributed by atoms with Gasteiger partial charge in [-0.25, -0.2) is 0 Å². The van der Waals surface area contributed by atoms with Gasteiger partial charge < -0.3 is 10.3 Å². The smallest absolute Gasteiger partial charge is 0.0459 e. The average Bonchev–Trinajstić information content (AvgIpc) is 2.53. The van der Waals surface area contributed by atoms with Crippen molar-refractivity contribution in [2.45, 2.75) is 26.2 Å². The van der Waals surface area contributed by atoms with E-state index in [4.69, 9.17) is 0 Å². The van der Waals surface area contributed by atoms with Crippen LogP contribution in [0.1, 0.15) is 25.1 Å². The zero-order valence-electron chi connectivity index (χ0n) is 10.8. The van der Waals surface area contributed by atoms with Gasteiger partial charge in [0.15, 0.2) is 0 Å². The molecule has 2 N–H and O–H groups in total. The lowest BCUT2D eigenvalue weighted by Gasteiger charge is -2.25. The normalized spacial score (nSPS) is 12.3. The lowest BCUT2D eigenvalue weighted by molar-refractivity contribution is 0.495. The molecule has 0 aliphatic carbocycles. The first-order valence-corrected chi connectivity index (χ1v) is 6.68. The van der Waals surface area contributed by atoms with E-state index in [0.717, 1.165) is 11.0 Å². The second-order valence-electron chi connectivity index (χ2n) is 5.23. The lowest BCUT2D eigenvalue weighted by atomic mass is 9.82. The second-order valence-corrected chi connectivity index (χ2v) is 6.14. The van der Waals surface area contributed by atoms with Gasteiger partial charge in [0.2, 0.25) is 0 Å². The van der Waals surface area contributed by atoms with Crippen molar-refractivity contribution in [3.05, 3.63) is 33.9 Å². The van der Waals surface area contributed by atoms with Crippen LogP contribution < -0.4 is 5.32 Å². The number of hydrogen-bond donors (Lipinski definition) is 2. The Kier molecular flexibility index (Phi) is 3.32. The highest BCUT2D eigenvalue weighted by atomic mass is 79.9. The molecule has 17 heavy (non-hydrogen) atoms. The van der Waals surface area contributed by atoms with E-state index in [0.29, 0.717) is 0 Å². The predicted octanol–water partition coefficient (Wildman–Crippen LogP) is 3.74. The standard InChI is InChI=1S/C14H19BrN2/c1-9-13(14(2,3)8-16-4)11-7-10(15)5-6-12(11)17-9/h5-7,16-17H,8H2,1-4H3. The molecule has 0 radical (unpaired) electrons. The fraction of sp³-hybridized carbons (Fsp3) is 0.429. The maximum Gasteiger partial charge on any atom is 0.0459 e. The highest BCUT2D eigenvalue weighted by Crippen LogP contribution is 2.34. The van der Waals surface area contributed by atoms with E-state index in [1.165, 1.54) is 22.2 Å². The molecule has 0 bridgehead atoms. The number of hydrogen-bond acceptors (Lipinski definition) is 1. The minimum atomic E-state index is 0.123. The Balaban J connectivity index is 2.67. The Morgan fingerprint density at radius 1 is 1.35 bits per heavy atom. The summed E-state index contributed by atoms with van der Waals surface area (Å²) in [6.07, 6.45) is 0. The maximum absolute atomic E-state index is 3.55. The summed E-state index contributed by atoms with van der Waals surface area (Å²) in [5.74, 6) is 0. The minimum absolute atomic E-state index is 0.123. The monoisotopic (exact) mass is 294 g/mol. The molecule has 3 heteroatoms. The molecule has 1 aromatic heterocycles. The van der Waals surface area contributed by atoms with E-state index in [1.807, 2.05) is 7.05 Å². The van der Waals surface area contributed by atoms with Crippen molar-refractivity contribution in [2.24, 2.45) is 0 Å². The topological polar surface area (TPSA) is 27.8 Å². The molecule has 0 saturated heterocycles. The number of nitrogens with one attached hydrogen (secondary N) is 2. The van der Waals surface area contributed by atoms with Crippen molar-refractivity contribution in [1.82, 2.24) is 10.3 Å². The molecule has 0 unspecified atom stereocenters. The van der Waals surface area contributed by atoms with Gasteiger partial charge in [0.25, 0.3) is 0 Å². The average molecular weight is 295 g/mol. The second kappa shape index (κ2) is 4.46. The van der Waals surface area contributed by atoms with Crippen LogP contribution in [0.2, 0.25) is 0 Å². The first kappa shape index (κ1) is 12.7. The zero-order valence-corrected chi connectivity index (χ0v) is 12.4. The molecule has 0 saturated carbocycles. The highest BCUT2D eigenvalue weighted by molar-refractivity contribution is 9.10. The van der Waals surface area contributed by atoms with Gasteiger partial charge >= 0.3 is 0 Å². The number of aromatic nitrogens is 1. The summed E-state index contributed by atoms with van der Waals surface area (Å²) in [7, 11) is 2.00. The molecular weight excluding hydrogens is 276 g/mol. The van der Waals surface area contributed by atoms with Crippen LogP contribution in [0.4, 0.5) is 0 Å². The number of aromatic amines is 1. The van der Waals surface area contributed by atoms with Crippen LogP contribution in [0.15, 0.2) is 22.7 Å². The number of likely N-dealkylation sites (N-methyl/N-ethyl adjacent to an activating group) is 1. The molecule has 1 heterocycles. The van der Waals surface area contributed by atoms with Gasteiger partial charge in [-0.1, -0.05) is 29.8 Å². The van der Waals surface area contributed by atoms with Gasteiger partial charge in [-0.2, -0.15) is 0 Å². The molecule has 2 nitrogen and oxygen atoms in total. The molecule has 1 aromatic carbocycles. The Hall–Kier alpha value is -0.800. The van der Waals surface area contributed by atoms with Crippen LogP contribution in [0.5, 0.6) is 0 Å². The Bertz CT molecular complexity index is 540. The third-order valence-electron chi connectivity index (χ3n) is 3.24. The van der Waals surface area contributed by atoms with Crippen LogP contribution in [0.25, 0.3) is 10.9 Å². The van der Waals surface area contributed by atoms with E-state index in [9.17, 15) is 0 Å². The Labute approximate surface area is 111 Å². The summed E-state index contributed by atoms with van der Waals surface area (Å²) in [6, 6.07) is 6.41. The number of aryl methyl sites for hydroxylation is 1. The van der Waals surface area contributed by atoms with Gasteiger partial charge in [0, 0.05) is 33.0 Å². The van der Waals surface area contributed by atoms with Crippen molar-refractivity contribution < 1.29 is 0 Å². The van der Waals surface area contributed by atoms with Crippen LogP contribution in [-0.2, 0) is 5.41 Å². The quantitative estimate of drug-likeness (QED) is 0.887.